The van der Waals surface area contributed by atoms with Crippen molar-refractivity contribution < 1.29 is 4.79 Å². The Bertz CT molecular complexity index is 831. The number of pyridine rings is 1. The molecule has 3 nitrogen and oxygen atoms in total. The largest absolute Gasteiger partial charge is 0.350 e. The summed E-state index contributed by atoms with van der Waals surface area (Å²) in [4.78, 5) is 16.8. The maximum Gasteiger partial charge on any atom is 0.253 e. The number of carbonyl (C=O) groups excluding carboxylic acids is 1. The number of hydrogen-bond acceptors (Lipinski definition) is 2. The lowest BCUT2D eigenvalue weighted by molar-refractivity contribution is 0.0943. The van der Waals surface area contributed by atoms with Gasteiger partial charge in [-0.05, 0) is 63.0 Å². The van der Waals surface area contributed by atoms with Crippen molar-refractivity contribution in [3.8, 4) is 0 Å². The van der Waals surface area contributed by atoms with Crippen LogP contribution < -0.4 is 5.32 Å². The standard InChI is InChI=1S/C21H24N2O/c1-14(2)23-20(24)17-12-16-4-3-5-18(19(16)22-13-17)15-6-8-21(9-7-15)10-11-21/h3-6,12-14H,7-11H2,1-2H3,(H,23,24). The summed E-state index contributed by atoms with van der Waals surface area (Å²) in [6.45, 7) is 3.93. The molecular formula is C21H24N2O. The van der Waals surface area contributed by atoms with Crippen LogP contribution in [0.25, 0.3) is 16.5 Å². The number of rotatable bonds is 3. The van der Waals surface area contributed by atoms with Crippen LogP contribution in [0.3, 0.4) is 0 Å². The maximum absolute atomic E-state index is 12.2. The van der Waals surface area contributed by atoms with Crippen LogP contribution in [-0.2, 0) is 0 Å². The third-order valence-corrected chi connectivity index (χ3v) is 5.40. The van der Waals surface area contributed by atoms with Crippen molar-refractivity contribution in [3.05, 3.63) is 47.7 Å². The van der Waals surface area contributed by atoms with Crippen LogP contribution in [0.4, 0.5) is 0 Å². The van der Waals surface area contributed by atoms with Gasteiger partial charge < -0.3 is 5.32 Å². The fourth-order valence-corrected chi connectivity index (χ4v) is 3.71. The molecule has 4 rings (SSSR count). The highest BCUT2D eigenvalue weighted by Crippen LogP contribution is 2.56. The fourth-order valence-electron chi connectivity index (χ4n) is 3.71. The van der Waals surface area contributed by atoms with E-state index in [0.717, 1.165) is 17.3 Å². The minimum absolute atomic E-state index is 0.0580. The molecular weight excluding hydrogens is 296 g/mol. The van der Waals surface area contributed by atoms with Crippen LogP contribution in [0.15, 0.2) is 36.5 Å². The Labute approximate surface area is 143 Å². The molecule has 0 saturated heterocycles. The lowest BCUT2D eigenvalue weighted by Gasteiger charge is -2.22. The molecule has 24 heavy (non-hydrogen) atoms. The molecule has 2 aliphatic rings. The molecule has 3 heteroatoms. The second-order valence-corrected chi connectivity index (χ2v) is 7.66. The van der Waals surface area contributed by atoms with Gasteiger partial charge in [0.05, 0.1) is 11.1 Å². The van der Waals surface area contributed by atoms with Gasteiger partial charge in [-0.25, -0.2) is 0 Å². The number of fused-ring (bicyclic) bond motifs is 1. The van der Waals surface area contributed by atoms with Crippen molar-refractivity contribution in [2.24, 2.45) is 5.41 Å². The van der Waals surface area contributed by atoms with E-state index in [9.17, 15) is 4.79 Å². The fraction of sp³-hybridized carbons (Fsp3) is 0.429. The number of carbonyl (C=O) groups is 1. The van der Waals surface area contributed by atoms with Crippen molar-refractivity contribution >= 4 is 22.4 Å². The summed E-state index contributed by atoms with van der Waals surface area (Å²) in [5.74, 6) is -0.0580. The van der Waals surface area contributed by atoms with Gasteiger partial charge in [0.2, 0.25) is 0 Å². The molecule has 124 valence electrons. The number of para-hydroxylation sites is 1. The van der Waals surface area contributed by atoms with E-state index in [2.05, 4.69) is 28.5 Å². The molecule has 1 spiro atoms. The average molecular weight is 320 g/mol. The molecule has 0 unspecified atom stereocenters. The summed E-state index contributed by atoms with van der Waals surface area (Å²) >= 11 is 0. The van der Waals surface area contributed by atoms with Crippen molar-refractivity contribution in [3.63, 3.8) is 0 Å². The molecule has 0 bridgehead atoms. The van der Waals surface area contributed by atoms with E-state index in [1.807, 2.05) is 26.0 Å². The van der Waals surface area contributed by atoms with E-state index in [1.165, 1.54) is 36.8 Å². The summed E-state index contributed by atoms with van der Waals surface area (Å²) in [7, 11) is 0. The first-order chi connectivity index (χ1) is 11.6. The molecule has 1 fully saturated rings. The first-order valence-electron chi connectivity index (χ1n) is 8.95. The second-order valence-electron chi connectivity index (χ2n) is 7.66. The van der Waals surface area contributed by atoms with Crippen LogP contribution in [0.1, 0.15) is 61.9 Å². The summed E-state index contributed by atoms with van der Waals surface area (Å²) in [5.41, 5.74) is 4.94. The number of benzene rings is 1. The van der Waals surface area contributed by atoms with E-state index in [1.54, 1.807) is 6.20 Å². The molecule has 0 atom stereocenters. The highest BCUT2D eigenvalue weighted by atomic mass is 16.1. The van der Waals surface area contributed by atoms with Crippen LogP contribution in [-0.4, -0.2) is 16.9 Å². The van der Waals surface area contributed by atoms with E-state index in [4.69, 9.17) is 0 Å². The summed E-state index contributed by atoms with van der Waals surface area (Å²) < 4.78 is 0. The smallest absolute Gasteiger partial charge is 0.253 e. The van der Waals surface area contributed by atoms with Crippen molar-refractivity contribution in [1.29, 1.82) is 0 Å². The predicted molar refractivity (Wildman–Crippen MR) is 97.8 cm³/mol. The lowest BCUT2D eigenvalue weighted by atomic mass is 9.84. The molecule has 2 aliphatic carbocycles. The molecule has 1 amide bonds. The Balaban J connectivity index is 1.68. The summed E-state index contributed by atoms with van der Waals surface area (Å²) in [6, 6.07) is 8.37. The number of amides is 1. The normalized spacial score (nSPS) is 18.7. The third-order valence-electron chi connectivity index (χ3n) is 5.40. The zero-order valence-electron chi connectivity index (χ0n) is 14.4. The highest BCUT2D eigenvalue weighted by Gasteiger charge is 2.42. The Morgan fingerprint density at radius 1 is 1.25 bits per heavy atom. The first kappa shape index (κ1) is 15.4. The van der Waals surface area contributed by atoms with E-state index in [0.29, 0.717) is 11.0 Å². The van der Waals surface area contributed by atoms with Crippen molar-refractivity contribution in [1.82, 2.24) is 10.3 Å². The summed E-state index contributed by atoms with van der Waals surface area (Å²) in [6.07, 6.45) is 10.6. The maximum atomic E-state index is 12.2. The molecule has 1 heterocycles. The molecule has 1 aromatic heterocycles. The van der Waals surface area contributed by atoms with Gasteiger partial charge in [0.15, 0.2) is 0 Å². The second kappa shape index (κ2) is 5.73. The Hall–Kier alpha value is -2.16. The zero-order valence-corrected chi connectivity index (χ0v) is 14.4. The molecule has 2 aromatic rings. The van der Waals surface area contributed by atoms with Crippen molar-refractivity contribution in [2.75, 3.05) is 0 Å². The third kappa shape index (κ3) is 2.83. The topological polar surface area (TPSA) is 42.0 Å². The van der Waals surface area contributed by atoms with Crippen LogP contribution in [0.2, 0.25) is 0 Å². The Morgan fingerprint density at radius 2 is 2.08 bits per heavy atom. The van der Waals surface area contributed by atoms with Crippen molar-refractivity contribution in [2.45, 2.75) is 52.0 Å². The van der Waals surface area contributed by atoms with Gasteiger partial charge in [-0.15, -0.1) is 0 Å². The Morgan fingerprint density at radius 3 is 2.75 bits per heavy atom. The average Bonchev–Trinajstić information content (AvgIpc) is 3.33. The van der Waals surface area contributed by atoms with Gasteiger partial charge in [0, 0.05) is 23.2 Å². The quantitative estimate of drug-likeness (QED) is 0.889. The van der Waals surface area contributed by atoms with Crippen LogP contribution >= 0.6 is 0 Å². The Kier molecular flexibility index (Phi) is 3.67. The van der Waals surface area contributed by atoms with Gasteiger partial charge in [-0.1, -0.05) is 24.3 Å². The van der Waals surface area contributed by atoms with E-state index in [-0.39, 0.29) is 11.9 Å². The monoisotopic (exact) mass is 320 g/mol. The first-order valence-corrected chi connectivity index (χ1v) is 8.95. The minimum atomic E-state index is -0.0580. The lowest BCUT2D eigenvalue weighted by Crippen LogP contribution is -2.30. The number of aromatic nitrogens is 1. The van der Waals surface area contributed by atoms with Crippen LogP contribution in [0.5, 0.6) is 0 Å². The SMILES string of the molecule is CC(C)NC(=O)c1cnc2c(C3=CCC4(CC3)CC4)cccc2c1. The van der Waals surface area contributed by atoms with Gasteiger partial charge in [0.1, 0.15) is 0 Å². The number of allylic oxidation sites excluding steroid dienone is 2. The number of hydrogen-bond donors (Lipinski definition) is 1. The predicted octanol–water partition coefficient (Wildman–Crippen LogP) is 4.72. The van der Waals surface area contributed by atoms with E-state index < -0.39 is 0 Å². The molecule has 1 saturated carbocycles. The number of nitrogens with zero attached hydrogens (tertiary/aromatic N) is 1. The number of nitrogens with one attached hydrogen (secondary N) is 1. The minimum Gasteiger partial charge on any atom is -0.350 e. The zero-order chi connectivity index (χ0) is 16.7. The molecule has 1 aromatic carbocycles. The van der Waals surface area contributed by atoms with Gasteiger partial charge >= 0.3 is 0 Å². The van der Waals surface area contributed by atoms with Gasteiger partial charge in [-0.2, -0.15) is 0 Å². The molecule has 1 N–H and O–H groups in total. The summed E-state index contributed by atoms with van der Waals surface area (Å²) in [5, 5.41) is 3.97. The van der Waals surface area contributed by atoms with E-state index >= 15 is 0 Å². The van der Waals surface area contributed by atoms with Gasteiger partial charge in [0.25, 0.3) is 5.91 Å². The van der Waals surface area contributed by atoms with Gasteiger partial charge in [-0.3, -0.25) is 9.78 Å². The molecule has 0 radical (unpaired) electrons. The molecule has 0 aliphatic heterocycles. The van der Waals surface area contributed by atoms with Crippen LogP contribution in [0, 0.1) is 5.41 Å². The highest BCUT2D eigenvalue weighted by molar-refractivity contribution is 5.99.